The standard InChI is InChI=1S/C13H17N5O3/c1-2-3-9-17-11-12(14)15-6-16-13(11)18(9)10-4-7(20)8(5-19)21-10/h2,6-8,10,19-20H,1,3-5H2,(H2,14,15,16)/t7?,8-,10-/m1/s1. The zero-order valence-electron chi connectivity index (χ0n) is 11.4. The normalized spacial score (nSPS) is 25.5. The molecule has 4 N–H and O–H groups in total. The third kappa shape index (κ3) is 2.27. The third-order valence-corrected chi connectivity index (χ3v) is 3.58. The smallest absolute Gasteiger partial charge is 0.167 e. The molecule has 0 spiro atoms. The summed E-state index contributed by atoms with van der Waals surface area (Å²) in [5.74, 6) is 0.976. The first-order valence-corrected chi connectivity index (χ1v) is 6.68. The molecule has 21 heavy (non-hydrogen) atoms. The number of imidazole rings is 1. The molecular weight excluding hydrogens is 274 g/mol. The van der Waals surface area contributed by atoms with Crippen molar-refractivity contribution in [3.8, 4) is 0 Å². The fourth-order valence-corrected chi connectivity index (χ4v) is 2.58. The molecule has 1 aliphatic heterocycles. The highest BCUT2D eigenvalue weighted by molar-refractivity contribution is 5.81. The van der Waals surface area contributed by atoms with Crippen LogP contribution in [-0.4, -0.2) is 48.5 Å². The second kappa shape index (κ2) is 5.40. The Morgan fingerprint density at radius 1 is 1.52 bits per heavy atom. The number of nitrogen functional groups attached to an aromatic ring is 1. The average molecular weight is 291 g/mol. The van der Waals surface area contributed by atoms with Gasteiger partial charge in [0.15, 0.2) is 17.0 Å². The molecule has 2 aromatic rings. The van der Waals surface area contributed by atoms with Crippen molar-refractivity contribution in [1.29, 1.82) is 0 Å². The second-order valence-electron chi connectivity index (χ2n) is 4.94. The summed E-state index contributed by atoms with van der Waals surface area (Å²) in [7, 11) is 0. The average Bonchev–Trinajstić information content (AvgIpc) is 3.00. The number of rotatable bonds is 4. The van der Waals surface area contributed by atoms with E-state index in [-0.39, 0.29) is 6.61 Å². The number of nitrogens with two attached hydrogens (primary N) is 1. The molecule has 2 aromatic heterocycles. The monoisotopic (exact) mass is 291 g/mol. The molecule has 1 saturated heterocycles. The first-order chi connectivity index (χ1) is 10.2. The molecule has 0 saturated carbocycles. The quantitative estimate of drug-likeness (QED) is 0.666. The SMILES string of the molecule is C=CCc1nc2c(N)ncnc2n1[C@H]1CC(O)[C@@H](CO)O1. The minimum absolute atomic E-state index is 0.238. The van der Waals surface area contributed by atoms with Crippen LogP contribution in [0.2, 0.25) is 0 Å². The number of allylic oxidation sites excluding steroid dienone is 1. The summed E-state index contributed by atoms with van der Waals surface area (Å²) in [6.45, 7) is 3.47. The fraction of sp³-hybridized carbons (Fsp3) is 0.462. The summed E-state index contributed by atoms with van der Waals surface area (Å²) in [6.07, 6.45) is 2.15. The number of aromatic nitrogens is 4. The minimum Gasteiger partial charge on any atom is -0.394 e. The number of hydrogen-bond acceptors (Lipinski definition) is 7. The zero-order chi connectivity index (χ0) is 15.0. The third-order valence-electron chi connectivity index (χ3n) is 3.58. The van der Waals surface area contributed by atoms with Crippen LogP contribution >= 0.6 is 0 Å². The van der Waals surface area contributed by atoms with Gasteiger partial charge in [-0.1, -0.05) is 6.08 Å². The topological polar surface area (TPSA) is 119 Å². The van der Waals surface area contributed by atoms with E-state index in [0.29, 0.717) is 35.6 Å². The second-order valence-corrected chi connectivity index (χ2v) is 4.94. The van der Waals surface area contributed by atoms with Crippen molar-refractivity contribution in [2.75, 3.05) is 12.3 Å². The van der Waals surface area contributed by atoms with Crippen molar-refractivity contribution >= 4 is 17.0 Å². The zero-order valence-corrected chi connectivity index (χ0v) is 11.4. The molecule has 3 rings (SSSR count). The molecule has 0 aromatic carbocycles. The van der Waals surface area contributed by atoms with Crippen molar-refractivity contribution in [3.63, 3.8) is 0 Å². The summed E-state index contributed by atoms with van der Waals surface area (Å²) in [5, 5.41) is 19.1. The Hall–Kier alpha value is -2.03. The predicted octanol–water partition coefficient (Wildman–Crippen LogP) is -0.222. The minimum atomic E-state index is -0.729. The van der Waals surface area contributed by atoms with Crippen molar-refractivity contribution < 1.29 is 14.9 Å². The fourth-order valence-electron chi connectivity index (χ4n) is 2.58. The van der Waals surface area contributed by atoms with Crippen LogP contribution in [0.4, 0.5) is 5.82 Å². The summed E-state index contributed by atoms with van der Waals surface area (Å²) < 4.78 is 7.48. The van der Waals surface area contributed by atoms with E-state index in [2.05, 4.69) is 21.5 Å². The number of fused-ring (bicyclic) bond motifs is 1. The molecule has 3 heterocycles. The maximum absolute atomic E-state index is 9.91. The Labute approximate surface area is 120 Å². The van der Waals surface area contributed by atoms with E-state index < -0.39 is 18.4 Å². The number of anilines is 1. The van der Waals surface area contributed by atoms with Crippen LogP contribution in [0.25, 0.3) is 11.2 Å². The maximum atomic E-state index is 9.91. The Morgan fingerprint density at radius 2 is 2.33 bits per heavy atom. The maximum Gasteiger partial charge on any atom is 0.167 e. The van der Waals surface area contributed by atoms with E-state index >= 15 is 0 Å². The summed E-state index contributed by atoms with van der Waals surface area (Å²) in [6, 6.07) is 0. The van der Waals surface area contributed by atoms with Gasteiger partial charge in [-0.05, 0) is 0 Å². The molecule has 1 aliphatic rings. The molecule has 0 aliphatic carbocycles. The molecule has 0 bridgehead atoms. The molecule has 0 radical (unpaired) electrons. The summed E-state index contributed by atoms with van der Waals surface area (Å²) in [4.78, 5) is 12.6. The highest BCUT2D eigenvalue weighted by atomic mass is 16.5. The van der Waals surface area contributed by atoms with Crippen molar-refractivity contribution in [2.45, 2.75) is 31.3 Å². The van der Waals surface area contributed by atoms with E-state index in [1.54, 1.807) is 10.6 Å². The lowest BCUT2D eigenvalue weighted by molar-refractivity contribution is -0.0439. The van der Waals surface area contributed by atoms with E-state index in [1.165, 1.54) is 6.33 Å². The van der Waals surface area contributed by atoms with Crippen LogP contribution in [0, 0.1) is 0 Å². The summed E-state index contributed by atoms with van der Waals surface area (Å²) in [5.41, 5.74) is 6.88. The van der Waals surface area contributed by atoms with E-state index in [1.807, 2.05) is 0 Å². The highest BCUT2D eigenvalue weighted by Gasteiger charge is 2.36. The highest BCUT2D eigenvalue weighted by Crippen LogP contribution is 2.33. The van der Waals surface area contributed by atoms with Gasteiger partial charge in [0.1, 0.15) is 24.5 Å². The molecule has 112 valence electrons. The number of nitrogens with zero attached hydrogens (tertiary/aromatic N) is 4. The largest absolute Gasteiger partial charge is 0.394 e. The molecule has 8 nitrogen and oxygen atoms in total. The molecule has 1 fully saturated rings. The Kier molecular flexibility index (Phi) is 3.58. The lowest BCUT2D eigenvalue weighted by atomic mass is 10.2. The van der Waals surface area contributed by atoms with Crippen molar-refractivity contribution in [1.82, 2.24) is 19.5 Å². The van der Waals surface area contributed by atoms with Crippen molar-refractivity contribution in [2.24, 2.45) is 0 Å². The molecule has 8 heteroatoms. The van der Waals surface area contributed by atoms with Gasteiger partial charge in [-0.15, -0.1) is 6.58 Å². The van der Waals surface area contributed by atoms with Gasteiger partial charge < -0.3 is 20.7 Å². The van der Waals surface area contributed by atoms with E-state index in [4.69, 9.17) is 10.5 Å². The van der Waals surface area contributed by atoms with Crippen LogP contribution in [0.5, 0.6) is 0 Å². The van der Waals surface area contributed by atoms with Crippen LogP contribution in [0.15, 0.2) is 19.0 Å². The molecule has 3 atom stereocenters. The first-order valence-electron chi connectivity index (χ1n) is 6.68. The lowest BCUT2D eigenvalue weighted by Crippen LogP contribution is -2.24. The van der Waals surface area contributed by atoms with Gasteiger partial charge in [-0.3, -0.25) is 4.57 Å². The predicted molar refractivity (Wildman–Crippen MR) is 75.3 cm³/mol. The van der Waals surface area contributed by atoms with Gasteiger partial charge in [-0.2, -0.15) is 0 Å². The molecule has 1 unspecified atom stereocenters. The number of aliphatic hydroxyl groups is 2. The van der Waals surface area contributed by atoms with Gasteiger partial charge in [0.05, 0.1) is 12.7 Å². The molecular formula is C13H17N5O3. The van der Waals surface area contributed by atoms with Crippen LogP contribution in [-0.2, 0) is 11.2 Å². The van der Waals surface area contributed by atoms with Gasteiger partial charge >= 0.3 is 0 Å². The Balaban J connectivity index is 2.10. The van der Waals surface area contributed by atoms with Crippen molar-refractivity contribution in [3.05, 3.63) is 24.8 Å². The molecule has 0 amide bonds. The lowest BCUT2D eigenvalue weighted by Gasteiger charge is -2.16. The number of hydrogen-bond donors (Lipinski definition) is 3. The Bertz CT molecular complexity index is 671. The van der Waals surface area contributed by atoms with Crippen LogP contribution < -0.4 is 5.73 Å². The summed E-state index contributed by atoms with van der Waals surface area (Å²) >= 11 is 0. The van der Waals surface area contributed by atoms with Gasteiger partial charge in [0, 0.05) is 12.8 Å². The van der Waals surface area contributed by atoms with Crippen LogP contribution in [0.3, 0.4) is 0 Å². The van der Waals surface area contributed by atoms with Crippen LogP contribution in [0.1, 0.15) is 18.5 Å². The Morgan fingerprint density at radius 3 is 3.00 bits per heavy atom. The number of aliphatic hydroxyl groups excluding tert-OH is 2. The van der Waals surface area contributed by atoms with E-state index in [9.17, 15) is 10.2 Å². The van der Waals surface area contributed by atoms with Gasteiger partial charge in [0.2, 0.25) is 0 Å². The van der Waals surface area contributed by atoms with E-state index in [0.717, 1.165) is 0 Å². The first kappa shape index (κ1) is 13.9. The number of ether oxygens (including phenoxy) is 1. The van der Waals surface area contributed by atoms with Gasteiger partial charge in [0.25, 0.3) is 0 Å². The van der Waals surface area contributed by atoms with Gasteiger partial charge in [-0.25, -0.2) is 15.0 Å².